The summed E-state index contributed by atoms with van der Waals surface area (Å²) in [6, 6.07) is 14.4. The van der Waals surface area contributed by atoms with Crippen LogP contribution in [0.3, 0.4) is 0 Å². The number of hydrogen-bond donors (Lipinski definition) is 0. The predicted octanol–water partition coefficient (Wildman–Crippen LogP) is 11.1. The van der Waals surface area contributed by atoms with E-state index in [0.29, 0.717) is 0 Å². The topological polar surface area (TPSA) is 0 Å². The second kappa shape index (κ2) is 14.6. The van der Waals surface area contributed by atoms with Crippen molar-refractivity contribution in [2.45, 2.75) is 122 Å². The Kier molecular flexibility index (Phi) is 11.2. The monoisotopic (exact) mass is 510 g/mol. The first-order valence-electron chi connectivity index (χ1n) is 15.1. The maximum atomic E-state index is 13.7. The quantitative estimate of drug-likeness (QED) is 0.249. The SMILES string of the molecule is CCCCCC[C@H]1CC[C@H](CC[C@H]2CC[C@H](c3ccc(CCc4ccc(Cl)c(F)c4)cc3)CC2)CC1. The molecule has 0 nitrogen and oxygen atoms in total. The molecule has 0 bridgehead atoms. The van der Waals surface area contributed by atoms with E-state index >= 15 is 0 Å². The van der Waals surface area contributed by atoms with Crippen LogP contribution in [0.4, 0.5) is 4.39 Å². The summed E-state index contributed by atoms with van der Waals surface area (Å²) < 4.78 is 13.7. The largest absolute Gasteiger partial charge is 0.205 e. The highest BCUT2D eigenvalue weighted by Gasteiger charge is 2.25. The lowest BCUT2D eigenvalue weighted by molar-refractivity contribution is 0.222. The van der Waals surface area contributed by atoms with Crippen LogP contribution in [-0.2, 0) is 12.8 Å². The summed E-state index contributed by atoms with van der Waals surface area (Å²) in [7, 11) is 0. The van der Waals surface area contributed by atoms with E-state index in [4.69, 9.17) is 11.6 Å². The van der Waals surface area contributed by atoms with Crippen LogP contribution in [0.5, 0.6) is 0 Å². The van der Waals surface area contributed by atoms with Crippen molar-refractivity contribution in [2.24, 2.45) is 17.8 Å². The highest BCUT2D eigenvalue weighted by molar-refractivity contribution is 6.30. The van der Waals surface area contributed by atoms with Crippen molar-refractivity contribution < 1.29 is 4.39 Å². The molecule has 0 unspecified atom stereocenters. The van der Waals surface area contributed by atoms with Crippen LogP contribution >= 0.6 is 11.6 Å². The Bertz CT molecular complexity index is 888. The molecule has 2 aromatic carbocycles. The van der Waals surface area contributed by atoms with Gasteiger partial charge in [-0.1, -0.05) is 119 Å². The molecule has 36 heavy (non-hydrogen) atoms. The maximum absolute atomic E-state index is 13.7. The Morgan fingerprint density at radius 1 is 0.667 bits per heavy atom. The van der Waals surface area contributed by atoms with Gasteiger partial charge in [-0.25, -0.2) is 4.39 Å². The molecule has 0 spiro atoms. The third kappa shape index (κ3) is 8.61. The minimum atomic E-state index is -0.319. The molecule has 2 fully saturated rings. The first kappa shape index (κ1) is 27.7. The van der Waals surface area contributed by atoms with Crippen LogP contribution in [0.1, 0.15) is 126 Å². The standard InChI is InChI=1S/C34H48ClF/c1-2-3-4-5-6-26-7-9-27(10-8-26)11-12-28-15-20-31(21-16-28)32-22-17-29(18-23-32)13-14-30-19-24-33(35)34(36)25-30/h17-19,22-28,31H,2-16,20-21H2,1H3/t26-,27-,28-,31-. The number of aryl methyl sites for hydroxylation is 2. The Balaban J connectivity index is 1.11. The zero-order valence-corrected chi connectivity index (χ0v) is 23.4. The van der Waals surface area contributed by atoms with Gasteiger partial charge in [0.25, 0.3) is 0 Å². The molecular weight excluding hydrogens is 463 g/mol. The Morgan fingerprint density at radius 2 is 1.22 bits per heavy atom. The second-order valence-corrected chi connectivity index (χ2v) is 12.4. The summed E-state index contributed by atoms with van der Waals surface area (Å²) in [6.07, 6.45) is 23.6. The van der Waals surface area contributed by atoms with Crippen LogP contribution < -0.4 is 0 Å². The van der Waals surface area contributed by atoms with Gasteiger partial charge in [0.15, 0.2) is 0 Å². The molecule has 198 valence electrons. The number of benzene rings is 2. The molecule has 0 aromatic heterocycles. The van der Waals surface area contributed by atoms with E-state index in [1.165, 1.54) is 107 Å². The van der Waals surface area contributed by atoms with Crippen LogP contribution in [-0.4, -0.2) is 0 Å². The molecule has 0 amide bonds. The van der Waals surface area contributed by atoms with Gasteiger partial charge in [0, 0.05) is 0 Å². The van der Waals surface area contributed by atoms with Crippen molar-refractivity contribution in [1.82, 2.24) is 0 Å². The minimum Gasteiger partial charge on any atom is -0.205 e. The molecule has 0 saturated heterocycles. The fourth-order valence-corrected chi connectivity index (χ4v) is 6.98. The molecule has 2 saturated carbocycles. The van der Waals surface area contributed by atoms with Gasteiger partial charge >= 0.3 is 0 Å². The number of rotatable bonds is 12. The van der Waals surface area contributed by atoms with Crippen molar-refractivity contribution in [3.63, 3.8) is 0 Å². The summed E-state index contributed by atoms with van der Waals surface area (Å²) in [4.78, 5) is 0. The third-order valence-electron chi connectivity index (χ3n) is 9.40. The normalized spacial score (nSPS) is 24.6. The van der Waals surface area contributed by atoms with E-state index in [1.54, 1.807) is 12.1 Å². The molecule has 2 heteroatoms. The van der Waals surface area contributed by atoms with Gasteiger partial charge in [-0.3, -0.25) is 0 Å². The smallest absolute Gasteiger partial charge is 0.142 e. The second-order valence-electron chi connectivity index (χ2n) is 12.0. The van der Waals surface area contributed by atoms with Gasteiger partial charge in [0.2, 0.25) is 0 Å². The van der Waals surface area contributed by atoms with Gasteiger partial charge in [-0.05, 0) is 91.0 Å². The molecule has 0 heterocycles. The highest BCUT2D eigenvalue weighted by atomic mass is 35.5. The molecule has 0 radical (unpaired) electrons. The van der Waals surface area contributed by atoms with E-state index in [9.17, 15) is 4.39 Å². The Morgan fingerprint density at radius 3 is 1.83 bits per heavy atom. The van der Waals surface area contributed by atoms with Gasteiger partial charge in [0.1, 0.15) is 5.82 Å². The van der Waals surface area contributed by atoms with Crippen molar-refractivity contribution in [2.75, 3.05) is 0 Å². The average molecular weight is 511 g/mol. The van der Waals surface area contributed by atoms with Gasteiger partial charge in [-0.2, -0.15) is 0 Å². The van der Waals surface area contributed by atoms with E-state index in [-0.39, 0.29) is 10.8 Å². The van der Waals surface area contributed by atoms with Crippen LogP contribution in [0.25, 0.3) is 0 Å². The van der Waals surface area contributed by atoms with E-state index in [2.05, 4.69) is 31.2 Å². The van der Waals surface area contributed by atoms with Crippen molar-refractivity contribution in [3.8, 4) is 0 Å². The van der Waals surface area contributed by atoms with Crippen LogP contribution in [0.2, 0.25) is 5.02 Å². The summed E-state index contributed by atoms with van der Waals surface area (Å²) in [6.45, 7) is 2.31. The summed E-state index contributed by atoms with van der Waals surface area (Å²) in [5.41, 5.74) is 3.86. The molecule has 0 aliphatic heterocycles. The van der Waals surface area contributed by atoms with Gasteiger partial charge < -0.3 is 0 Å². The summed E-state index contributed by atoms with van der Waals surface area (Å²) in [5.74, 6) is 3.45. The van der Waals surface area contributed by atoms with E-state index < -0.39 is 0 Å². The van der Waals surface area contributed by atoms with E-state index in [1.807, 2.05) is 6.07 Å². The highest BCUT2D eigenvalue weighted by Crippen LogP contribution is 2.40. The van der Waals surface area contributed by atoms with Crippen LogP contribution in [0, 0.1) is 23.6 Å². The van der Waals surface area contributed by atoms with Gasteiger partial charge in [-0.15, -0.1) is 0 Å². The number of unbranched alkanes of at least 4 members (excludes halogenated alkanes) is 3. The summed E-state index contributed by atoms with van der Waals surface area (Å²) >= 11 is 5.80. The van der Waals surface area contributed by atoms with Crippen molar-refractivity contribution in [3.05, 3.63) is 70.0 Å². The maximum Gasteiger partial charge on any atom is 0.142 e. The Labute approximate surface area is 225 Å². The Hall–Kier alpha value is -1.34. The fourth-order valence-electron chi connectivity index (χ4n) is 6.86. The van der Waals surface area contributed by atoms with Gasteiger partial charge in [0.05, 0.1) is 5.02 Å². The lowest BCUT2D eigenvalue weighted by Crippen LogP contribution is -2.18. The lowest BCUT2D eigenvalue weighted by atomic mass is 9.74. The minimum absolute atomic E-state index is 0.202. The zero-order chi connectivity index (χ0) is 25.2. The molecular formula is C34H48ClF. The average Bonchev–Trinajstić information content (AvgIpc) is 2.92. The molecule has 2 aliphatic rings. The molecule has 4 rings (SSSR count). The zero-order valence-electron chi connectivity index (χ0n) is 22.6. The molecule has 2 aromatic rings. The third-order valence-corrected chi connectivity index (χ3v) is 9.71. The van der Waals surface area contributed by atoms with Crippen molar-refractivity contribution in [1.29, 1.82) is 0 Å². The fraction of sp³-hybridized carbons (Fsp3) is 0.647. The first-order chi connectivity index (χ1) is 17.6. The summed E-state index contributed by atoms with van der Waals surface area (Å²) in [5, 5.41) is 0.202. The van der Waals surface area contributed by atoms with Crippen LogP contribution in [0.15, 0.2) is 42.5 Å². The van der Waals surface area contributed by atoms with Crippen molar-refractivity contribution >= 4 is 11.6 Å². The lowest BCUT2D eigenvalue weighted by Gasteiger charge is -2.32. The molecule has 2 aliphatic carbocycles. The molecule has 0 N–H and O–H groups in total. The number of hydrogen-bond acceptors (Lipinski definition) is 0. The van der Waals surface area contributed by atoms with E-state index in [0.717, 1.165) is 42.1 Å². The number of halogens is 2. The molecule has 0 atom stereocenters. The predicted molar refractivity (Wildman–Crippen MR) is 153 cm³/mol. The first-order valence-corrected chi connectivity index (χ1v) is 15.5.